The van der Waals surface area contributed by atoms with E-state index in [-0.39, 0.29) is 68.7 Å². The number of methoxy groups -OCH3 is 2. The Morgan fingerprint density at radius 3 is 2.34 bits per heavy atom. The van der Waals surface area contributed by atoms with Crippen LogP contribution in [0.4, 0.5) is 0 Å². The molecule has 6 rings (SSSR count). The van der Waals surface area contributed by atoms with Gasteiger partial charge < -0.3 is 14.2 Å². The molecule has 1 aromatic carbocycles. The van der Waals surface area contributed by atoms with Crippen LogP contribution in [-0.2, 0) is 28.7 Å². The van der Waals surface area contributed by atoms with Crippen LogP contribution in [0, 0.1) is 50.2 Å². The van der Waals surface area contributed by atoms with Crippen LogP contribution in [0.2, 0.25) is 11.1 Å². The summed E-state index contributed by atoms with van der Waals surface area (Å²) < 4.78 is 22.7. The summed E-state index contributed by atoms with van der Waals surface area (Å²) in [5.74, 6) is 2.20. The van der Waals surface area contributed by atoms with E-state index >= 15 is 0 Å². The van der Waals surface area contributed by atoms with Crippen molar-refractivity contribution < 1.29 is 38.1 Å². The molecule has 5 aliphatic rings. The number of ether oxygens (including phenoxy) is 4. The van der Waals surface area contributed by atoms with Crippen molar-refractivity contribution >= 4 is 44.7 Å². The average Bonchev–Trinajstić information content (AvgIpc) is 3.15. The fraction of sp³-hybridized carbons (Fsp3) is 0.696. The first-order valence-electron chi connectivity index (χ1n) is 20.6. The Bertz CT molecular complexity index is 1800. The number of allylic oxidation sites excluding steroid dienone is 2. The minimum absolute atomic E-state index is 0.0239. The van der Waals surface area contributed by atoms with E-state index in [1.807, 2.05) is 13.0 Å². The van der Waals surface area contributed by atoms with Gasteiger partial charge in [0.25, 0.3) is 0 Å². The van der Waals surface area contributed by atoms with Crippen LogP contribution < -0.4 is 15.2 Å². The summed E-state index contributed by atoms with van der Waals surface area (Å²) in [6.45, 7) is 16.0. The average molecular weight is 839 g/mol. The second kappa shape index (κ2) is 15.3. The summed E-state index contributed by atoms with van der Waals surface area (Å²) in [5, 5.41) is 0.960. The first-order valence-corrected chi connectivity index (χ1v) is 23.5. The van der Waals surface area contributed by atoms with Gasteiger partial charge in [-0.2, -0.15) is 0 Å². The van der Waals surface area contributed by atoms with Gasteiger partial charge in [-0.25, -0.2) is 4.79 Å². The molecule has 56 heavy (non-hydrogen) atoms. The fourth-order valence-electron chi connectivity index (χ4n) is 12.5. The number of fused-ring (bicyclic) bond motifs is 7. The number of nitrogens with two attached hydrogens (primary N) is 1. The molecule has 4 fully saturated rings. The van der Waals surface area contributed by atoms with E-state index in [0.29, 0.717) is 51.3 Å². The summed E-state index contributed by atoms with van der Waals surface area (Å²) in [4.78, 5) is 53.9. The second-order valence-corrected chi connectivity index (χ2v) is 21.7. The fourth-order valence-corrected chi connectivity index (χ4v) is 13.5. The van der Waals surface area contributed by atoms with Crippen LogP contribution in [0.1, 0.15) is 118 Å². The van der Waals surface area contributed by atoms with Crippen molar-refractivity contribution in [1.82, 2.24) is 0 Å². The van der Waals surface area contributed by atoms with Crippen molar-refractivity contribution in [3.05, 3.63) is 41.5 Å². The summed E-state index contributed by atoms with van der Waals surface area (Å²) >= 11 is 0.464. The van der Waals surface area contributed by atoms with Crippen LogP contribution in [0.3, 0.4) is 0 Å². The molecule has 1 aromatic rings. The molecular weight excluding hydrogens is 773 g/mol. The molecule has 0 heterocycles. The number of hydrogen-bond acceptors (Lipinski definition) is 9. The normalized spacial score (nSPS) is 37.8. The van der Waals surface area contributed by atoms with E-state index in [0.717, 1.165) is 50.3 Å². The smallest absolute Gasteiger partial charge is 0.493 e. The zero-order chi connectivity index (χ0) is 41.1. The molecule has 10 heteroatoms. The Morgan fingerprint density at radius 1 is 0.946 bits per heavy atom. The van der Waals surface area contributed by atoms with Gasteiger partial charge in [0.05, 0.1) is 19.6 Å². The van der Waals surface area contributed by atoms with Gasteiger partial charge in [-0.05, 0) is 74.1 Å². The molecule has 4 saturated carbocycles. The Labute approximate surface area is 340 Å². The maximum absolute atomic E-state index is 15.0. The Kier molecular flexibility index (Phi) is 11.7. The van der Waals surface area contributed by atoms with Crippen LogP contribution in [0.15, 0.2) is 35.9 Å². The first kappa shape index (κ1) is 42.7. The molecule has 9 nitrogen and oxygen atoms in total. The van der Waals surface area contributed by atoms with E-state index in [1.54, 1.807) is 24.3 Å². The third-order valence-electron chi connectivity index (χ3n) is 16.2. The molecule has 308 valence electrons. The Hall–Kier alpha value is -2.94. The Balaban J connectivity index is 1.26. The zero-order valence-electron chi connectivity index (χ0n) is 35.4. The second-order valence-electron chi connectivity index (χ2n) is 19.6. The summed E-state index contributed by atoms with van der Waals surface area (Å²) in [6, 6.07) is 4.61. The van der Waals surface area contributed by atoms with E-state index in [1.165, 1.54) is 25.9 Å². The topological polar surface area (TPSA) is 131 Å². The van der Waals surface area contributed by atoms with Gasteiger partial charge in [-0.1, -0.05) is 25.5 Å². The molecular formula is C46H65NO8Se. The number of rotatable bonds is 10. The number of esters is 3. The summed E-state index contributed by atoms with van der Waals surface area (Å²) in [6.07, 6.45) is 13.1. The third kappa shape index (κ3) is 7.01. The van der Waals surface area contributed by atoms with Gasteiger partial charge in [-0.3, -0.25) is 4.79 Å². The van der Waals surface area contributed by atoms with Crippen LogP contribution in [0.25, 0.3) is 6.08 Å². The molecule has 0 amide bonds. The summed E-state index contributed by atoms with van der Waals surface area (Å²) in [7, 11) is 2.85. The van der Waals surface area contributed by atoms with Crippen molar-refractivity contribution in [2.75, 3.05) is 14.2 Å². The van der Waals surface area contributed by atoms with Gasteiger partial charge in [0.15, 0.2) is 11.5 Å². The number of carbonyl (C=O) groups is 4. The van der Waals surface area contributed by atoms with Gasteiger partial charge in [0, 0.05) is 6.08 Å². The van der Waals surface area contributed by atoms with Crippen LogP contribution in [-0.4, -0.2) is 65.0 Å². The minimum Gasteiger partial charge on any atom is -0.493 e. The van der Waals surface area contributed by atoms with Gasteiger partial charge in [0.1, 0.15) is 0 Å². The molecule has 10 atom stereocenters. The van der Waals surface area contributed by atoms with Crippen molar-refractivity contribution in [2.24, 2.45) is 56.0 Å². The van der Waals surface area contributed by atoms with Gasteiger partial charge in [-0.15, -0.1) is 0 Å². The Morgan fingerprint density at radius 2 is 1.66 bits per heavy atom. The number of benzene rings is 1. The quantitative estimate of drug-likeness (QED) is 0.107. The predicted molar refractivity (Wildman–Crippen MR) is 218 cm³/mol. The van der Waals surface area contributed by atoms with Crippen molar-refractivity contribution in [2.45, 2.75) is 136 Å². The zero-order valence-corrected chi connectivity index (χ0v) is 37.1. The van der Waals surface area contributed by atoms with Crippen molar-refractivity contribution in [3.8, 4) is 11.5 Å². The molecule has 5 aliphatic carbocycles. The molecule has 0 saturated heterocycles. The van der Waals surface area contributed by atoms with Crippen LogP contribution >= 0.6 is 0 Å². The number of ketones is 1. The third-order valence-corrected chi connectivity index (χ3v) is 17.6. The van der Waals surface area contributed by atoms with E-state index in [9.17, 15) is 19.2 Å². The molecule has 0 bridgehead atoms. The van der Waals surface area contributed by atoms with E-state index in [4.69, 9.17) is 24.7 Å². The number of hydrogen-bond donors (Lipinski definition) is 1. The predicted octanol–water partition coefficient (Wildman–Crippen LogP) is 8.57. The molecule has 0 aromatic heterocycles. The number of carbonyl (C=O) groups excluding carboxylic acids is 4. The molecule has 0 spiro atoms. The molecule has 0 unspecified atom stereocenters. The van der Waals surface area contributed by atoms with Gasteiger partial charge >= 0.3 is 181 Å². The SMILES string of the molecule is COC(=O)/C=C/c1ccc(OC(=O)[C@@]2(C)CC[C@]3(C)CC[C@]4(C)C(=CC(=O)[C@@H]5[C@@]6(C)CC[C@H](OC(=O)[C@@H](N)CC[Se]C)C(C)(C)[C@@H]6CC[C@]54C)[C@H]3C2)c(OC)c1. The van der Waals surface area contributed by atoms with E-state index in [2.05, 4.69) is 47.4 Å². The van der Waals surface area contributed by atoms with Crippen molar-refractivity contribution in [3.63, 3.8) is 0 Å². The summed E-state index contributed by atoms with van der Waals surface area (Å²) in [5.41, 5.74) is 6.42. The minimum atomic E-state index is -0.762. The van der Waals surface area contributed by atoms with Crippen LogP contribution in [0.5, 0.6) is 11.5 Å². The molecule has 0 radical (unpaired) electrons. The van der Waals surface area contributed by atoms with Crippen molar-refractivity contribution in [1.29, 1.82) is 0 Å². The van der Waals surface area contributed by atoms with E-state index < -0.39 is 17.4 Å². The standard InChI is InChI=1S/C46H65NO8Se/c1-41(2)35-15-19-46(7)38(44(35,5)18-16-36(41)55-39(50)31(47)17-24-56-10)32(48)26-29-30-27-43(4,21-20-42(30,3)22-23-45(29,46)6)40(51)54-33-13-11-28(25-34(33)52-8)12-14-37(49)53-9/h11-14,25-26,30-31,35-36,38H,15-24,27,47H2,1-10H3/b14-12+/t30-,31+,35+,36+,38-,42-,43+,44+,45-,46-/m1/s1. The molecule has 0 aliphatic heterocycles. The maximum atomic E-state index is 15.0. The monoisotopic (exact) mass is 839 g/mol. The molecule has 2 N–H and O–H groups in total. The van der Waals surface area contributed by atoms with Gasteiger partial charge in [0.2, 0.25) is 0 Å². The first-order chi connectivity index (χ1) is 26.2.